The molecule has 0 atom stereocenters. The minimum atomic E-state index is -0.214. The third-order valence-electron chi connectivity index (χ3n) is 2.63. The smallest absolute Gasteiger partial charge is 0.257 e. The number of nitrogens with one attached hydrogen (secondary N) is 1. The van der Waals surface area contributed by atoms with Gasteiger partial charge in [0.1, 0.15) is 0 Å². The van der Waals surface area contributed by atoms with Gasteiger partial charge in [0.25, 0.3) is 5.91 Å². The highest BCUT2D eigenvalue weighted by Crippen LogP contribution is 2.30. The molecule has 1 N–H and O–H groups in total. The number of thiazole rings is 1. The number of hydrogen-bond acceptors (Lipinski definition) is 5. The van der Waals surface area contributed by atoms with Crippen LogP contribution in [0.2, 0.25) is 0 Å². The summed E-state index contributed by atoms with van der Waals surface area (Å²) in [5.74, 6) is 0.914. The van der Waals surface area contributed by atoms with Crippen molar-refractivity contribution in [1.82, 2.24) is 4.98 Å². The number of aromatic nitrogens is 1. The second-order valence-corrected chi connectivity index (χ2v) is 4.71. The summed E-state index contributed by atoms with van der Waals surface area (Å²) in [5.41, 5.74) is 1.35. The van der Waals surface area contributed by atoms with E-state index in [2.05, 4.69) is 10.3 Å². The standard InChI is InChI=1S/C13H14N2O3S/c1-8-6-10(17-2)11(18-3)7-9(8)12(16)15-13-14-4-5-19-13/h4-7H,1-3H3,(H,14,15,16). The first kappa shape index (κ1) is 13.4. The number of nitrogens with zero attached hydrogens (tertiary/aromatic N) is 1. The molecule has 0 fully saturated rings. The lowest BCUT2D eigenvalue weighted by Gasteiger charge is -2.12. The van der Waals surface area contributed by atoms with Gasteiger partial charge in [0.15, 0.2) is 16.6 Å². The van der Waals surface area contributed by atoms with Crippen molar-refractivity contribution in [1.29, 1.82) is 0 Å². The van der Waals surface area contributed by atoms with Crippen LogP contribution in [0, 0.1) is 6.92 Å². The fourth-order valence-corrected chi connectivity index (χ4v) is 2.20. The van der Waals surface area contributed by atoms with E-state index in [0.29, 0.717) is 22.2 Å². The summed E-state index contributed by atoms with van der Waals surface area (Å²) in [6.45, 7) is 1.85. The van der Waals surface area contributed by atoms with Crippen LogP contribution in [0.15, 0.2) is 23.7 Å². The van der Waals surface area contributed by atoms with Crippen LogP contribution in [-0.2, 0) is 0 Å². The SMILES string of the molecule is COc1cc(C)c(C(=O)Nc2nccs2)cc1OC. The summed E-state index contributed by atoms with van der Waals surface area (Å²) in [6, 6.07) is 3.44. The van der Waals surface area contributed by atoms with Crippen molar-refractivity contribution < 1.29 is 14.3 Å². The largest absolute Gasteiger partial charge is 0.493 e. The van der Waals surface area contributed by atoms with Crippen LogP contribution in [-0.4, -0.2) is 25.1 Å². The molecule has 0 bridgehead atoms. The van der Waals surface area contributed by atoms with Gasteiger partial charge in [-0.1, -0.05) is 0 Å². The molecular formula is C13H14N2O3S. The molecule has 0 radical (unpaired) electrons. The molecule has 0 aliphatic rings. The van der Waals surface area contributed by atoms with Crippen LogP contribution in [0.4, 0.5) is 5.13 Å². The minimum absolute atomic E-state index is 0.214. The Morgan fingerprint density at radius 1 is 1.26 bits per heavy atom. The first-order valence-electron chi connectivity index (χ1n) is 5.59. The Kier molecular flexibility index (Phi) is 4.01. The zero-order valence-electron chi connectivity index (χ0n) is 10.9. The number of methoxy groups -OCH3 is 2. The van der Waals surface area contributed by atoms with Gasteiger partial charge in [-0.25, -0.2) is 4.98 Å². The quantitative estimate of drug-likeness (QED) is 0.934. The molecular weight excluding hydrogens is 264 g/mol. The number of carbonyl (C=O) groups excluding carboxylic acids is 1. The van der Waals surface area contributed by atoms with Gasteiger partial charge in [0.2, 0.25) is 0 Å². The number of carbonyl (C=O) groups is 1. The lowest BCUT2D eigenvalue weighted by atomic mass is 10.1. The summed E-state index contributed by atoms with van der Waals surface area (Å²) in [6.07, 6.45) is 1.64. The van der Waals surface area contributed by atoms with Crippen LogP contribution >= 0.6 is 11.3 Å². The maximum atomic E-state index is 12.2. The van der Waals surface area contributed by atoms with Gasteiger partial charge in [-0.3, -0.25) is 10.1 Å². The summed E-state index contributed by atoms with van der Waals surface area (Å²) in [7, 11) is 3.10. The third kappa shape index (κ3) is 2.85. The number of rotatable bonds is 4. The monoisotopic (exact) mass is 278 g/mol. The first-order valence-corrected chi connectivity index (χ1v) is 6.47. The normalized spacial score (nSPS) is 10.1. The van der Waals surface area contributed by atoms with Gasteiger partial charge in [0, 0.05) is 17.1 Å². The summed E-state index contributed by atoms with van der Waals surface area (Å²) >= 11 is 1.37. The Balaban J connectivity index is 2.31. The Hall–Kier alpha value is -2.08. The lowest BCUT2D eigenvalue weighted by Crippen LogP contribution is -2.13. The van der Waals surface area contributed by atoms with Crippen molar-refractivity contribution in [3.8, 4) is 11.5 Å². The maximum Gasteiger partial charge on any atom is 0.257 e. The highest BCUT2D eigenvalue weighted by Gasteiger charge is 2.15. The van der Waals surface area contributed by atoms with E-state index in [1.807, 2.05) is 6.92 Å². The Morgan fingerprint density at radius 2 is 1.95 bits per heavy atom. The summed E-state index contributed by atoms with van der Waals surface area (Å²) in [5, 5.41) is 5.11. The molecule has 19 heavy (non-hydrogen) atoms. The van der Waals surface area contributed by atoms with Crippen LogP contribution in [0.3, 0.4) is 0 Å². The minimum Gasteiger partial charge on any atom is -0.493 e. The molecule has 0 unspecified atom stereocenters. The van der Waals surface area contributed by atoms with Gasteiger partial charge in [-0.15, -0.1) is 11.3 Å². The van der Waals surface area contributed by atoms with Gasteiger partial charge < -0.3 is 9.47 Å². The first-order chi connectivity index (χ1) is 9.15. The van der Waals surface area contributed by atoms with Crippen molar-refractivity contribution in [2.24, 2.45) is 0 Å². The molecule has 5 nitrogen and oxygen atoms in total. The molecule has 1 amide bonds. The van der Waals surface area contributed by atoms with Crippen LogP contribution < -0.4 is 14.8 Å². The number of benzene rings is 1. The van der Waals surface area contributed by atoms with Crippen LogP contribution in [0.25, 0.3) is 0 Å². The topological polar surface area (TPSA) is 60.5 Å². The number of anilines is 1. The molecule has 100 valence electrons. The lowest BCUT2D eigenvalue weighted by molar-refractivity contribution is 0.102. The van der Waals surface area contributed by atoms with E-state index in [0.717, 1.165) is 5.56 Å². The number of amides is 1. The van der Waals surface area contributed by atoms with Crippen molar-refractivity contribution in [2.75, 3.05) is 19.5 Å². The summed E-state index contributed by atoms with van der Waals surface area (Å²) < 4.78 is 10.4. The van der Waals surface area contributed by atoms with E-state index in [1.54, 1.807) is 30.8 Å². The predicted molar refractivity (Wildman–Crippen MR) is 74.4 cm³/mol. The van der Waals surface area contributed by atoms with Gasteiger partial charge >= 0.3 is 0 Å². The molecule has 0 aliphatic carbocycles. The Labute approximate surface area is 115 Å². The molecule has 1 heterocycles. The molecule has 6 heteroatoms. The molecule has 0 spiro atoms. The average Bonchev–Trinajstić information content (AvgIpc) is 2.90. The molecule has 0 saturated carbocycles. The number of ether oxygens (including phenoxy) is 2. The molecule has 0 saturated heterocycles. The molecule has 2 aromatic rings. The van der Waals surface area contributed by atoms with E-state index >= 15 is 0 Å². The number of aryl methyl sites for hydroxylation is 1. The van der Waals surface area contributed by atoms with E-state index in [9.17, 15) is 4.79 Å². The van der Waals surface area contributed by atoms with Gasteiger partial charge in [-0.05, 0) is 24.6 Å². The fourth-order valence-electron chi connectivity index (χ4n) is 1.67. The van der Waals surface area contributed by atoms with Crippen LogP contribution in [0.1, 0.15) is 15.9 Å². The number of hydrogen-bond donors (Lipinski definition) is 1. The predicted octanol–water partition coefficient (Wildman–Crippen LogP) is 2.72. The molecule has 2 rings (SSSR count). The maximum absolute atomic E-state index is 12.2. The van der Waals surface area contributed by atoms with Crippen molar-refractivity contribution in [3.05, 3.63) is 34.8 Å². The highest BCUT2D eigenvalue weighted by molar-refractivity contribution is 7.13. The van der Waals surface area contributed by atoms with E-state index in [1.165, 1.54) is 18.4 Å². The van der Waals surface area contributed by atoms with Crippen molar-refractivity contribution in [2.45, 2.75) is 6.92 Å². The van der Waals surface area contributed by atoms with Crippen molar-refractivity contribution in [3.63, 3.8) is 0 Å². The van der Waals surface area contributed by atoms with Crippen LogP contribution in [0.5, 0.6) is 11.5 Å². The van der Waals surface area contributed by atoms with Crippen molar-refractivity contribution >= 4 is 22.4 Å². The molecule has 1 aromatic carbocycles. The zero-order chi connectivity index (χ0) is 13.8. The summed E-state index contributed by atoms with van der Waals surface area (Å²) in [4.78, 5) is 16.2. The van der Waals surface area contributed by atoms with Gasteiger partial charge in [-0.2, -0.15) is 0 Å². The Bertz CT molecular complexity index is 582. The Morgan fingerprint density at radius 3 is 2.53 bits per heavy atom. The zero-order valence-corrected chi connectivity index (χ0v) is 11.7. The van der Waals surface area contributed by atoms with E-state index in [-0.39, 0.29) is 5.91 Å². The average molecular weight is 278 g/mol. The molecule has 1 aromatic heterocycles. The third-order valence-corrected chi connectivity index (χ3v) is 3.32. The second kappa shape index (κ2) is 5.71. The fraction of sp³-hybridized carbons (Fsp3) is 0.231. The van der Waals surface area contributed by atoms with E-state index < -0.39 is 0 Å². The van der Waals surface area contributed by atoms with E-state index in [4.69, 9.17) is 9.47 Å². The second-order valence-electron chi connectivity index (χ2n) is 3.81. The highest BCUT2D eigenvalue weighted by atomic mass is 32.1. The van der Waals surface area contributed by atoms with Gasteiger partial charge in [0.05, 0.1) is 14.2 Å². The molecule has 0 aliphatic heterocycles.